The molecule has 1 fully saturated rings. The Morgan fingerprint density at radius 2 is 1.89 bits per heavy atom. The number of primary amides is 1. The van der Waals surface area contributed by atoms with Gasteiger partial charge in [-0.2, -0.15) is 0 Å². The van der Waals surface area contributed by atoms with Crippen molar-refractivity contribution in [2.24, 2.45) is 11.1 Å². The fourth-order valence-electron chi connectivity index (χ4n) is 3.02. The van der Waals surface area contributed by atoms with Crippen LogP contribution in [0.4, 0.5) is 5.69 Å². The minimum Gasteiger partial charge on any atom is -0.497 e. The van der Waals surface area contributed by atoms with E-state index in [0.717, 1.165) is 30.7 Å². The number of hydrogen-bond donors (Lipinski definition) is 2. The molecule has 0 saturated heterocycles. The number of nitrogens with one attached hydrogen (secondary N) is 1. The Morgan fingerprint density at radius 3 is 2.32 bits per heavy atom. The number of nitrogens with two attached hydrogens (primary N) is 1. The predicted molar refractivity (Wildman–Crippen MR) is 76.2 cm³/mol. The molecule has 0 aliphatic heterocycles. The van der Waals surface area contributed by atoms with Crippen molar-refractivity contribution in [3.05, 3.63) is 24.3 Å². The normalized spacial score (nSPS) is 25.0. The summed E-state index contributed by atoms with van der Waals surface area (Å²) in [5.41, 5.74) is 5.78. The zero-order valence-corrected chi connectivity index (χ0v) is 11.8. The van der Waals surface area contributed by atoms with Gasteiger partial charge in [-0.15, -0.1) is 0 Å². The third-order valence-corrected chi connectivity index (χ3v) is 4.38. The average Bonchev–Trinajstić information content (AvgIpc) is 2.67. The molecule has 4 nitrogen and oxygen atoms in total. The third kappa shape index (κ3) is 2.27. The van der Waals surface area contributed by atoms with E-state index in [4.69, 9.17) is 10.5 Å². The fraction of sp³-hybridized carbons (Fsp3) is 0.533. The van der Waals surface area contributed by atoms with Gasteiger partial charge in [-0.25, -0.2) is 0 Å². The van der Waals surface area contributed by atoms with Gasteiger partial charge in [0.25, 0.3) is 0 Å². The largest absolute Gasteiger partial charge is 0.497 e. The SMILES string of the molecule is COc1ccc(NC2(C(N)=O)CCCC2(C)C)cc1. The molecule has 1 aliphatic rings. The van der Waals surface area contributed by atoms with E-state index in [1.165, 1.54) is 0 Å². The lowest BCUT2D eigenvalue weighted by atomic mass is 9.74. The van der Waals surface area contributed by atoms with Crippen molar-refractivity contribution in [2.75, 3.05) is 12.4 Å². The van der Waals surface area contributed by atoms with Gasteiger partial charge >= 0.3 is 0 Å². The molecule has 1 atom stereocenters. The number of anilines is 1. The van der Waals surface area contributed by atoms with Crippen molar-refractivity contribution in [3.63, 3.8) is 0 Å². The average molecular weight is 262 g/mol. The van der Waals surface area contributed by atoms with Crippen LogP contribution >= 0.6 is 0 Å². The molecule has 1 amide bonds. The summed E-state index contributed by atoms with van der Waals surface area (Å²) in [4.78, 5) is 12.0. The van der Waals surface area contributed by atoms with E-state index in [0.29, 0.717) is 0 Å². The number of benzene rings is 1. The Morgan fingerprint density at radius 1 is 1.26 bits per heavy atom. The number of ether oxygens (including phenoxy) is 1. The summed E-state index contributed by atoms with van der Waals surface area (Å²) in [7, 11) is 1.63. The molecule has 4 heteroatoms. The second-order valence-electron chi connectivity index (χ2n) is 5.86. The molecule has 19 heavy (non-hydrogen) atoms. The highest BCUT2D eigenvalue weighted by Crippen LogP contribution is 2.47. The Hall–Kier alpha value is -1.71. The zero-order chi connectivity index (χ0) is 14.1. The molecule has 3 N–H and O–H groups in total. The van der Waals surface area contributed by atoms with Crippen LogP contribution in [0.1, 0.15) is 33.1 Å². The maximum absolute atomic E-state index is 12.0. The van der Waals surface area contributed by atoms with Crippen LogP contribution in [0.25, 0.3) is 0 Å². The van der Waals surface area contributed by atoms with Gasteiger partial charge in [0, 0.05) is 5.69 Å². The zero-order valence-electron chi connectivity index (χ0n) is 11.8. The minimum absolute atomic E-state index is 0.140. The van der Waals surface area contributed by atoms with E-state index >= 15 is 0 Å². The molecular formula is C15H22N2O2. The number of hydrogen-bond acceptors (Lipinski definition) is 3. The van der Waals surface area contributed by atoms with E-state index < -0.39 is 5.54 Å². The van der Waals surface area contributed by atoms with E-state index in [1.54, 1.807) is 7.11 Å². The Balaban J connectivity index is 2.29. The van der Waals surface area contributed by atoms with Gasteiger partial charge in [0.1, 0.15) is 11.3 Å². The summed E-state index contributed by atoms with van der Waals surface area (Å²) < 4.78 is 5.13. The lowest BCUT2D eigenvalue weighted by Crippen LogP contribution is -2.57. The number of rotatable bonds is 4. The van der Waals surface area contributed by atoms with Crippen LogP contribution in [0.5, 0.6) is 5.75 Å². The molecule has 1 aromatic carbocycles. The lowest BCUT2D eigenvalue weighted by molar-refractivity contribution is -0.125. The standard InChI is InChI=1S/C15H22N2O2/c1-14(2)9-4-10-15(14,13(16)18)17-11-5-7-12(19-3)8-6-11/h5-8,17H,4,9-10H2,1-3H3,(H2,16,18). The molecule has 0 spiro atoms. The molecule has 1 aromatic rings. The lowest BCUT2D eigenvalue weighted by Gasteiger charge is -2.40. The van der Waals surface area contributed by atoms with Crippen LogP contribution in [-0.4, -0.2) is 18.6 Å². The second-order valence-corrected chi connectivity index (χ2v) is 5.86. The molecule has 0 aromatic heterocycles. The van der Waals surface area contributed by atoms with Crippen LogP contribution in [0, 0.1) is 5.41 Å². The first-order chi connectivity index (χ1) is 8.91. The molecule has 0 heterocycles. The Bertz CT molecular complexity index is 468. The van der Waals surface area contributed by atoms with Crippen molar-refractivity contribution in [3.8, 4) is 5.75 Å². The fourth-order valence-corrected chi connectivity index (χ4v) is 3.02. The number of methoxy groups -OCH3 is 1. The van der Waals surface area contributed by atoms with Crippen LogP contribution in [0.2, 0.25) is 0 Å². The van der Waals surface area contributed by atoms with Crippen molar-refractivity contribution in [2.45, 2.75) is 38.6 Å². The summed E-state index contributed by atoms with van der Waals surface area (Å²) in [5.74, 6) is 0.523. The Labute approximate surface area is 114 Å². The molecule has 1 aliphatic carbocycles. The molecule has 1 saturated carbocycles. The predicted octanol–water partition coefficient (Wildman–Crippen LogP) is 2.54. The van der Waals surface area contributed by atoms with Crippen LogP contribution in [0.15, 0.2) is 24.3 Å². The van der Waals surface area contributed by atoms with Gasteiger partial charge in [-0.3, -0.25) is 4.79 Å². The summed E-state index contributed by atoms with van der Waals surface area (Å²) in [6.07, 6.45) is 2.79. The van der Waals surface area contributed by atoms with Crippen molar-refractivity contribution in [1.82, 2.24) is 0 Å². The summed E-state index contributed by atoms with van der Waals surface area (Å²) >= 11 is 0. The maximum Gasteiger partial charge on any atom is 0.243 e. The summed E-state index contributed by atoms with van der Waals surface area (Å²) in [6.45, 7) is 4.20. The van der Waals surface area contributed by atoms with Crippen molar-refractivity contribution >= 4 is 11.6 Å². The van der Waals surface area contributed by atoms with Gasteiger partial charge in [0.2, 0.25) is 5.91 Å². The first-order valence-corrected chi connectivity index (χ1v) is 6.63. The monoisotopic (exact) mass is 262 g/mol. The third-order valence-electron chi connectivity index (χ3n) is 4.38. The molecule has 0 radical (unpaired) electrons. The van der Waals surface area contributed by atoms with E-state index in [-0.39, 0.29) is 11.3 Å². The highest BCUT2D eigenvalue weighted by molar-refractivity contribution is 5.89. The van der Waals surface area contributed by atoms with E-state index in [9.17, 15) is 4.79 Å². The molecule has 1 unspecified atom stereocenters. The number of amides is 1. The highest BCUT2D eigenvalue weighted by Gasteiger charge is 2.53. The molecular weight excluding hydrogens is 240 g/mol. The van der Waals surface area contributed by atoms with Crippen LogP contribution in [-0.2, 0) is 4.79 Å². The number of carbonyl (C=O) groups is 1. The summed E-state index contributed by atoms with van der Waals surface area (Å²) in [6, 6.07) is 7.58. The van der Waals surface area contributed by atoms with E-state index in [1.807, 2.05) is 24.3 Å². The van der Waals surface area contributed by atoms with Gasteiger partial charge in [0.15, 0.2) is 0 Å². The minimum atomic E-state index is -0.665. The van der Waals surface area contributed by atoms with E-state index in [2.05, 4.69) is 19.2 Å². The van der Waals surface area contributed by atoms with Gasteiger partial charge in [-0.05, 0) is 48.9 Å². The van der Waals surface area contributed by atoms with Gasteiger partial charge in [-0.1, -0.05) is 13.8 Å². The highest BCUT2D eigenvalue weighted by atomic mass is 16.5. The van der Waals surface area contributed by atoms with Gasteiger partial charge < -0.3 is 15.8 Å². The summed E-state index contributed by atoms with van der Waals surface area (Å²) in [5, 5.41) is 3.37. The first kappa shape index (κ1) is 13.7. The quantitative estimate of drug-likeness (QED) is 0.876. The smallest absolute Gasteiger partial charge is 0.243 e. The van der Waals surface area contributed by atoms with Crippen LogP contribution in [0.3, 0.4) is 0 Å². The topological polar surface area (TPSA) is 64.3 Å². The maximum atomic E-state index is 12.0. The van der Waals surface area contributed by atoms with Crippen LogP contribution < -0.4 is 15.8 Å². The molecule has 0 bridgehead atoms. The van der Waals surface area contributed by atoms with Gasteiger partial charge in [0.05, 0.1) is 7.11 Å². The molecule has 104 valence electrons. The van der Waals surface area contributed by atoms with Crippen molar-refractivity contribution < 1.29 is 9.53 Å². The molecule has 2 rings (SSSR count). The second kappa shape index (κ2) is 4.76. The van der Waals surface area contributed by atoms with Crippen molar-refractivity contribution in [1.29, 1.82) is 0 Å². The first-order valence-electron chi connectivity index (χ1n) is 6.63. The Kier molecular flexibility index (Phi) is 3.43. The number of carbonyl (C=O) groups excluding carboxylic acids is 1.